The number of benzene rings is 1. The average molecular weight is 673 g/mol. The zero-order chi connectivity index (χ0) is 34.1. The molecule has 0 fully saturated rings. The number of aromatic hydroxyl groups is 1. The summed E-state index contributed by atoms with van der Waals surface area (Å²) in [6.45, 7) is 3.07. The zero-order valence-corrected chi connectivity index (χ0v) is 28.7. The van der Waals surface area contributed by atoms with Gasteiger partial charge in [0.25, 0.3) is 0 Å². The number of nitrogens with two attached hydrogens (primary N) is 2. The van der Waals surface area contributed by atoms with Crippen LogP contribution in [0.5, 0.6) is 17.2 Å². The number of unbranched alkanes of at least 4 members (excludes halogenated alkanes) is 14. The van der Waals surface area contributed by atoms with E-state index in [0.29, 0.717) is 47.4 Å². The first-order chi connectivity index (χ1) is 24.1. The molecule has 0 aliphatic heterocycles. The Kier molecular flexibility index (Phi) is 14.1. The summed E-state index contributed by atoms with van der Waals surface area (Å²) in [4.78, 5) is 25.3. The second-order valence-corrected chi connectivity index (χ2v) is 12.8. The summed E-state index contributed by atoms with van der Waals surface area (Å²) in [6, 6.07) is 5.19. The first kappa shape index (κ1) is 35.6. The van der Waals surface area contributed by atoms with Gasteiger partial charge < -0.3 is 35.2 Å². The quantitative estimate of drug-likeness (QED) is 0.0563. The third-order valence-electron chi connectivity index (χ3n) is 8.85. The Bertz CT molecular complexity index is 1590. The van der Waals surface area contributed by atoms with Crippen molar-refractivity contribution in [3.8, 4) is 17.2 Å². The van der Waals surface area contributed by atoms with E-state index in [2.05, 4.69) is 39.0 Å². The van der Waals surface area contributed by atoms with E-state index in [0.717, 1.165) is 62.9 Å². The van der Waals surface area contributed by atoms with Gasteiger partial charge in [-0.05, 0) is 25.7 Å². The van der Waals surface area contributed by atoms with Crippen molar-refractivity contribution in [1.29, 1.82) is 0 Å². The van der Waals surface area contributed by atoms with Crippen molar-refractivity contribution in [2.45, 2.75) is 116 Å². The SMILES string of the molecule is Nc1ncnc2c1ncn2CCCCCCCCCCOc1cc(O)cc(OCCCCCCCCCCn2cnc3c(N)ncnc32)c1. The number of ether oxygens (including phenoxy) is 2. The molecule has 1 aromatic carbocycles. The summed E-state index contributed by atoms with van der Waals surface area (Å²) >= 11 is 0. The lowest BCUT2D eigenvalue weighted by Gasteiger charge is -2.11. The van der Waals surface area contributed by atoms with Gasteiger partial charge in [0, 0.05) is 31.3 Å². The number of imidazole rings is 2. The second kappa shape index (κ2) is 19.4. The molecule has 5 N–H and O–H groups in total. The minimum absolute atomic E-state index is 0.171. The van der Waals surface area contributed by atoms with Crippen molar-refractivity contribution < 1.29 is 14.6 Å². The van der Waals surface area contributed by atoms with Gasteiger partial charge in [0.05, 0.1) is 25.9 Å². The zero-order valence-electron chi connectivity index (χ0n) is 28.7. The van der Waals surface area contributed by atoms with E-state index in [9.17, 15) is 5.11 Å². The summed E-state index contributed by atoms with van der Waals surface area (Å²) in [5, 5.41) is 10.1. The van der Waals surface area contributed by atoms with Crippen LogP contribution < -0.4 is 20.9 Å². The Morgan fingerprint density at radius 2 is 0.878 bits per heavy atom. The fourth-order valence-corrected chi connectivity index (χ4v) is 6.12. The summed E-state index contributed by atoms with van der Waals surface area (Å²) in [7, 11) is 0. The third-order valence-corrected chi connectivity index (χ3v) is 8.85. The van der Waals surface area contributed by atoms with Crippen molar-refractivity contribution in [3.63, 3.8) is 0 Å². The molecule has 49 heavy (non-hydrogen) atoms. The van der Waals surface area contributed by atoms with Crippen LogP contribution in [-0.2, 0) is 13.1 Å². The fourth-order valence-electron chi connectivity index (χ4n) is 6.12. The summed E-state index contributed by atoms with van der Waals surface area (Å²) < 4.78 is 16.0. The average Bonchev–Trinajstić information content (AvgIpc) is 3.71. The van der Waals surface area contributed by atoms with Gasteiger partial charge in [-0.25, -0.2) is 29.9 Å². The van der Waals surface area contributed by atoms with E-state index in [1.165, 1.54) is 76.9 Å². The smallest absolute Gasteiger partial charge is 0.165 e. The molecule has 13 nitrogen and oxygen atoms in total. The van der Waals surface area contributed by atoms with Crippen molar-refractivity contribution >= 4 is 34.0 Å². The monoisotopic (exact) mass is 672 g/mol. The molecular formula is C36H52N10O3. The van der Waals surface area contributed by atoms with Crippen LogP contribution >= 0.6 is 0 Å². The lowest BCUT2D eigenvalue weighted by molar-refractivity contribution is 0.287. The molecule has 0 amide bonds. The molecule has 0 aliphatic carbocycles. The van der Waals surface area contributed by atoms with E-state index in [1.54, 1.807) is 24.8 Å². The van der Waals surface area contributed by atoms with Crippen LogP contribution in [0.25, 0.3) is 22.3 Å². The van der Waals surface area contributed by atoms with Gasteiger partial charge >= 0.3 is 0 Å². The number of anilines is 2. The van der Waals surface area contributed by atoms with Crippen LogP contribution in [0.4, 0.5) is 11.6 Å². The molecule has 0 radical (unpaired) electrons. The first-order valence-corrected chi connectivity index (χ1v) is 18.0. The molecule has 0 spiro atoms. The number of hydrogen-bond acceptors (Lipinski definition) is 11. The minimum atomic E-state index is 0.171. The highest BCUT2D eigenvalue weighted by molar-refractivity contribution is 5.81. The molecule has 13 heteroatoms. The molecule has 4 heterocycles. The van der Waals surface area contributed by atoms with Crippen LogP contribution in [0.3, 0.4) is 0 Å². The minimum Gasteiger partial charge on any atom is -0.508 e. The molecule has 0 saturated carbocycles. The molecule has 0 bridgehead atoms. The van der Waals surface area contributed by atoms with Gasteiger partial charge in [0.15, 0.2) is 22.9 Å². The number of fused-ring (bicyclic) bond motifs is 2. The highest BCUT2D eigenvalue weighted by Gasteiger charge is 2.09. The van der Waals surface area contributed by atoms with Crippen molar-refractivity contribution in [1.82, 2.24) is 39.0 Å². The molecule has 5 aromatic rings. The maximum atomic E-state index is 10.1. The molecule has 0 aliphatic rings. The Hall–Kier alpha value is -4.68. The third kappa shape index (κ3) is 11.2. The normalized spacial score (nSPS) is 11.5. The van der Waals surface area contributed by atoms with Gasteiger partial charge in [-0.15, -0.1) is 0 Å². The van der Waals surface area contributed by atoms with E-state index < -0.39 is 0 Å². The molecule has 4 aromatic heterocycles. The van der Waals surface area contributed by atoms with E-state index in [4.69, 9.17) is 20.9 Å². The molecule has 0 atom stereocenters. The molecule has 5 rings (SSSR count). The lowest BCUT2D eigenvalue weighted by Crippen LogP contribution is -2.00. The number of aryl methyl sites for hydroxylation is 2. The van der Waals surface area contributed by atoms with Crippen LogP contribution in [-0.4, -0.2) is 57.4 Å². The molecular weight excluding hydrogens is 620 g/mol. The second-order valence-electron chi connectivity index (χ2n) is 12.8. The van der Waals surface area contributed by atoms with Crippen molar-refractivity contribution in [3.05, 3.63) is 43.5 Å². The van der Waals surface area contributed by atoms with Crippen LogP contribution in [0.15, 0.2) is 43.5 Å². The molecule has 0 unspecified atom stereocenters. The topological polar surface area (TPSA) is 178 Å². The Morgan fingerprint density at radius 3 is 1.31 bits per heavy atom. The maximum Gasteiger partial charge on any atom is 0.165 e. The number of hydrogen-bond donors (Lipinski definition) is 3. The number of phenols is 1. The number of nitrogen functional groups attached to an aromatic ring is 2. The highest BCUT2D eigenvalue weighted by atomic mass is 16.5. The van der Waals surface area contributed by atoms with Gasteiger partial charge in [0.2, 0.25) is 0 Å². The van der Waals surface area contributed by atoms with E-state index in [-0.39, 0.29) is 5.75 Å². The van der Waals surface area contributed by atoms with Crippen molar-refractivity contribution in [2.75, 3.05) is 24.7 Å². The molecule has 264 valence electrons. The Balaban J connectivity index is 0.822. The number of rotatable bonds is 24. The Morgan fingerprint density at radius 1 is 0.490 bits per heavy atom. The van der Waals surface area contributed by atoms with E-state index in [1.807, 2.05) is 6.07 Å². The fraction of sp³-hybridized carbons (Fsp3) is 0.556. The summed E-state index contributed by atoms with van der Waals surface area (Å²) in [5.41, 5.74) is 14.7. The van der Waals surface area contributed by atoms with Crippen molar-refractivity contribution in [2.24, 2.45) is 0 Å². The predicted molar refractivity (Wildman–Crippen MR) is 192 cm³/mol. The van der Waals surface area contributed by atoms with Gasteiger partial charge in [-0.3, -0.25) is 0 Å². The van der Waals surface area contributed by atoms with Gasteiger partial charge in [-0.2, -0.15) is 0 Å². The maximum absolute atomic E-state index is 10.1. The number of nitrogens with zero attached hydrogens (tertiary/aromatic N) is 8. The standard InChI is InChI=1S/C36H52N10O3/c37-33-31-35(41-24-39-33)45(26-43-31)17-13-9-5-1-3-7-11-15-19-48-29-21-28(47)22-30(23-29)49-20-16-12-8-4-2-6-10-14-18-46-27-44-32-34(38)40-25-42-36(32)46/h21-27,47H,1-20H2,(H2,37,39,41)(H2,38,40,42). The Labute approximate surface area is 288 Å². The van der Waals surface area contributed by atoms with Crippen LogP contribution in [0.2, 0.25) is 0 Å². The van der Waals surface area contributed by atoms with Gasteiger partial charge in [0.1, 0.15) is 40.9 Å². The molecule has 0 saturated heterocycles. The van der Waals surface area contributed by atoms with Crippen LogP contribution in [0.1, 0.15) is 103 Å². The largest absolute Gasteiger partial charge is 0.508 e. The van der Waals surface area contributed by atoms with Crippen LogP contribution in [0, 0.1) is 0 Å². The highest BCUT2D eigenvalue weighted by Crippen LogP contribution is 2.27. The predicted octanol–water partition coefficient (Wildman–Crippen LogP) is 7.24. The van der Waals surface area contributed by atoms with E-state index >= 15 is 0 Å². The van der Waals surface area contributed by atoms with Gasteiger partial charge in [-0.1, -0.05) is 77.0 Å². The summed E-state index contributed by atoms with van der Waals surface area (Å²) in [5.74, 6) is 2.36. The summed E-state index contributed by atoms with van der Waals surface area (Å²) in [6.07, 6.45) is 25.3. The number of phenolic OH excluding ortho intramolecular Hbond substituents is 1. The lowest BCUT2D eigenvalue weighted by atomic mass is 10.1. The first-order valence-electron chi connectivity index (χ1n) is 18.0. The number of aromatic nitrogens is 8.